The Bertz CT molecular complexity index is 1260. The number of rotatable bonds is 9. The van der Waals surface area contributed by atoms with Crippen LogP contribution in [-0.4, -0.2) is 53.1 Å². The minimum absolute atomic E-state index is 0.210. The lowest BCUT2D eigenvalue weighted by molar-refractivity contribution is 0.0699. The number of hydrogen-bond acceptors (Lipinski definition) is 4. The van der Waals surface area contributed by atoms with Crippen LogP contribution in [0, 0.1) is 6.92 Å². The van der Waals surface area contributed by atoms with Crippen molar-refractivity contribution in [2.75, 3.05) is 27.2 Å². The van der Waals surface area contributed by atoms with E-state index in [0.717, 1.165) is 48.3 Å². The molecular formula is C27H30N4O2. The Kier molecular flexibility index (Phi) is 6.87. The molecule has 6 nitrogen and oxygen atoms in total. The number of carboxylic acids is 1. The predicted octanol–water partition coefficient (Wildman–Crippen LogP) is 4.94. The van der Waals surface area contributed by atoms with Gasteiger partial charge in [-0.3, -0.25) is 0 Å². The molecule has 0 amide bonds. The molecule has 0 spiro atoms. The molecule has 6 heteroatoms. The first-order valence-corrected chi connectivity index (χ1v) is 11.2. The van der Waals surface area contributed by atoms with Crippen molar-refractivity contribution >= 4 is 17.0 Å². The predicted molar refractivity (Wildman–Crippen MR) is 134 cm³/mol. The topological polar surface area (TPSA) is 81.2 Å². The summed E-state index contributed by atoms with van der Waals surface area (Å²) in [5.74, 6) is -0.274. The van der Waals surface area contributed by atoms with Gasteiger partial charge in [0.25, 0.3) is 0 Å². The monoisotopic (exact) mass is 442 g/mol. The molecule has 0 unspecified atom stereocenters. The van der Waals surface area contributed by atoms with Gasteiger partial charge in [0.05, 0.1) is 11.1 Å². The maximum atomic E-state index is 11.8. The Labute approximate surface area is 194 Å². The Morgan fingerprint density at radius 2 is 1.76 bits per heavy atom. The van der Waals surface area contributed by atoms with Crippen molar-refractivity contribution in [3.05, 3.63) is 77.6 Å². The van der Waals surface area contributed by atoms with E-state index < -0.39 is 5.97 Å². The van der Waals surface area contributed by atoms with Gasteiger partial charge in [0, 0.05) is 6.54 Å². The molecule has 0 aliphatic carbocycles. The lowest BCUT2D eigenvalue weighted by atomic mass is 9.96. The van der Waals surface area contributed by atoms with E-state index in [2.05, 4.69) is 70.7 Å². The quantitative estimate of drug-likeness (QED) is 0.320. The Morgan fingerprint density at radius 1 is 1.03 bits per heavy atom. The molecule has 0 saturated heterocycles. The number of imidazole rings is 1. The van der Waals surface area contributed by atoms with E-state index in [1.165, 1.54) is 11.1 Å². The first-order chi connectivity index (χ1) is 15.9. The Balaban J connectivity index is 1.57. The molecule has 170 valence electrons. The van der Waals surface area contributed by atoms with Gasteiger partial charge < -0.3 is 20.3 Å². The molecule has 3 aromatic carbocycles. The van der Waals surface area contributed by atoms with Gasteiger partial charge in [0.15, 0.2) is 0 Å². The summed E-state index contributed by atoms with van der Waals surface area (Å²) in [6, 6.07) is 20.4. The number of aromatic nitrogens is 2. The molecule has 0 aliphatic rings. The van der Waals surface area contributed by atoms with Crippen molar-refractivity contribution in [3.8, 4) is 22.3 Å². The van der Waals surface area contributed by atoms with Crippen LogP contribution in [0.25, 0.3) is 33.3 Å². The van der Waals surface area contributed by atoms with Crippen LogP contribution < -0.4 is 5.32 Å². The van der Waals surface area contributed by atoms with Crippen molar-refractivity contribution in [2.24, 2.45) is 0 Å². The van der Waals surface area contributed by atoms with E-state index in [4.69, 9.17) is 0 Å². The molecule has 1 heterocycles. The molecule has 0 saturated carbocycles. The van der Waals surface area contributed by atoms with Crippen molar-refractivity contribution in [3.63, 3.8) is 0 Å². The smallest absolute Gasteiger partial charge is 0.337 e. The van der Waals surface area contributed by atoms with E-state index in [1.54, 1.807) is 6.07 Å². The van der Waals surface area contributed by atoms with Gasteiger partial charge in [-0.2, -0.15) is 0 Å². The average molecular weight is 443 g/mol. The molecule has 0 radical (unpaired) electrons. The summed E-state index contributed by atoms with van der Waals surface area (Å²) in [4.78, 5) is 21.5. The largest absolute Gasteiger partial charge is 0.478 e. The van der Waals surface area contributed by atoms with Gasteiger partial charge in [-0.25, -0.2) is 9.78 Å². The minimum Gasteiger partial charge on any atom is -0.478 e. The van der Waals surface area contributed by atoms with Crippen LogP contribution >= 0.6 is 0 Å². The number of carbonyl (C=O) groups is 1. The van der Waals surface area contributed by atoms with E-state index in [9.17, 15) is 9.90 Å². The van der Waals surface area contributed by atoms with E-state index >= 15 is 0 Å². The number of nitrogens with one attached hydrogen (secondary N) is 2. The second-order valence-electron chi connectivity index (χ2n) is 8.62. The zero-order chi connectivity index (χ0) is 23.4. The summed E-state index contributed by atoms with van der Waals surface area (Å²) in [6.07, 6.45) is 1.11. The highest BCUT2D eigenvalue weighted by Crippen LogP contribution is 2.30. The summed E-state index contributed by atoms with van der Waals surface area (Å²) in [5.41, 5.74) is 6.86. The first kappa shape index (κ1) is 22.7. The lowest BCUT2D eigenvalue weighted by Crippen LogP contribution is -2.21. The molecular weight excluding hydrogens is 412 g/mol. The fourth-order valence-electron chi connectivity index (χ4n) is 4.11. The lowest BCUT2D eigenvalue weighted by Gasteiger charge is -2.13. The van der Waals surface area contributed by atoms with Gasteiger partial charge in [-0.05, 0) is 80.5 Å². The van der Waals surface area contributed by atoms with Crippen LogP contribution in [0.1, 0.15) is 28.2 Å². The van der Waals surface area contributed by atoms with Gasteiger partial charge in [-0.15, -0.1) is 0 Å². The van der Waals surface area contributed by atoms with Crippen molar-refractivity contribution in [1.29, 1.82) is 0 Å². The molecule has 0 aliphatic heterocycles. The number of fused-ring (bicyclic) bond motifs is 1. The maximum Gasteiger partial charge on any atom is 0.337 e. The van der Waals surface area contributed by atoms with Gasteiger partial charge in [0.2, 0.25) is 0 Å². The fourth-order valence-corrected chi connectivity index (χ4v) is 4.11. The van der Waals surface area contributed by atoms with Crippen molar-refractivity contribution in [2.45, 2.75) is 19.9 Å². The highest BCUT2D eigenvalue weighted by Gasteiger charge is 2.15. The highest BCUT2D eigenvalue weighted by atomic mass is 16.4. The first-order valence-electron chi connectivity index (χ1n) is 11.2. The van der Waals surface area contributed by atoms with Crippen LogP contribution in [0.15, 0.2) is 60.7 Å². The van der Waals surface area contributed by atoms with Crippen LogP contribution in [-0.2, 0) is 6.54 Å². The minimum atomic E-state index is -0.975. The maximum absolute atomic E-state index is 11.8. The third-order valence-corrected chi connectivity index (χ3v) is 5.76. The number of carboxylic acid groups (broad SMARTS) is 1. The molecule has 0 bridgehead atoms. The number of aryl methyl sites for hydroxylation is 1. The van der Waals surface area contributed by atoms with Crippen molar-refractivity contribution in [1.82, 2.24) is 20.2 Å². The second kappa shape index (κ2) is 9.98. The van der Waals surface area contributed by atoms with E-state index in [0.29, 0.717) is 11.3 Å². The molecule has 3 N–H and O–H groups in total. The van der Waals surface area contributed by atoms with E-state index in [-0.39, 0.29) is 5.56 Å². The Hall–Kier alpha value is -3.48. The number of aromatic carboxylic acids is 1. The molecule has 33 heavy (non-hydrogen) atoms. The van der Waals surface area contributed by atoms with E-state index in [1.807, 2.05) is 25.1 Å². The molecule has 1 aromatic heterocycles. The van der Waals surface area contributed by atoms with Gasteiger partial charge in [-0.1, -0.05) is 48.5 Å². The number of nitrogens with zero attached hydrogens (tertiary/aromatic N) is 2. The van der Waals surface area contributed by atoms with Crippen LogP contribution in [0.4, 0.5) is 0 Å². The third kappa shape index (κ3) is 5.30. The molecule has 4 rings (SSSR count). The molecule has 0 fully saturated rings. The van der Waals surface area contributed by atoms with Crippen LogP contribution in [0.2, 0.25) is 0 Å². The second-order valence-corrected chi connectivity index (χ2v) is 8.62. The summed E-state index contributed by atoms with van der Waals surface area (Å²) in [6.45, 7) is 4.70. The van der Waals surface area contributed by atoms with Crippen LogP contribution in [0.3, 0.4) is 0 Å². The van der Waals surface area contributed by atoms with Crippen LogP contribution in [0.5, 0.6) is 0 Å². The zero-order valence-electron chi connectivity index (χ0n) is 19.4. The third-order valence-electron chi connectivity index (χ3n) is 5.76. The number of H-pyrrole nitrogens is 1. The standard InChI is InChI=1S/C27H30N4O2/c1-18-29-25-16-22(15-24(27(32)33)26(25)30-18)19-9-11-20(12-10-19)23-8-5-4-7-21(23)17-28-13-6-14-31(2)3/h4-5,7-12,15-16,28H,6,13-14,17H2,1-3H3,(H,29,30)(H,32,33). The summed E-state index contributed by atoms with van der Waals surface area (Å²) in [7, 11) is 4.19. The fraction of sp³-hybridized carbons (Fsp3) is 0.259. The van der Waals surface area contributed by atoms with Gasteiger partial charge >= 0.3 is 5.97 Å². The SMILES string of the molecule is Cc1nc2c(C(=O)O)cc(-c3ccc(-c4ccccc4CNCCCN(C)C)cc3)cc2[nH]1. The molecule has 0 atom stereocenters. The summed E-state index contributed by atoms with van der Waals surface area (Å²) in [5, 5.41) is 13.2. The summed E-state index contributed by atoms with van der Waals surface area (Å²) >= 11 is 0. The molecule has 4 aromatic rings. The number of aromatic amines is 1. The highest BCUT2D eigenvalue weighted by molar-refractivity contribution is 6.03. The van der Waals surface area contributed by atoms with Crippen molar-refractivity contribution < 1.29 is 9.90 Å². The number of hydrogen-bond donors (Lipinski definition) is 3. The normalized spacial score (nSPS) is 11.4. The average Bonchev–Trinajstić information content (AvgIpc) is 3.18. The number of benzene rings is 3. The zero-order valence-corrected chi connectivity index (χ0v) is 19.4. The summed E-state index contributed by atoms with van der Waals surface area (Å²) < 4.78 is 0. The Morgan fingerprint density at radius 3 is 2.48 bits per heavy atom. The van der Waals surface area contributed by atoms with Gasteiger partial charge in [0.1, 0.15) is 11.3 Å².